The van der Waals surface area contributed by atoms with Crippen molar-refractivity contribution >= 4 is 0 Å². The molecule has 2 N–H and O–H groups in total. The molecule has 0 heterocycles. The van der Waals surface area contributed by atoms with E-state index < -0.39 is 12.2 Å². The average molecular weight is 518 g/mol. The summed E-state index contributed by atoms with van der Waals surface area (Å²) in [6.45, 7) is 20.6. The Balaban J connectivity index is 2.26. The first-order valence-electron chi connectivity index (χ1n) is 14.6. The van der Waals surface area contributed by atoms with E-state index in [1.54, 1.807) is 11.6 Å². The molecule has 4 heteroatoms. The van der Waals surface area contributed by atoms with Gasteiger partial charge in [-0.05, 0) is 85.7 Å². The second kappa shape index (κ2) is 14.0. The fourth-order valence-electron chi connectivity index (χ4n) is 6.32. The number of aliphatic hydroxyl groups is 1. The third kappa shape index (κ3) is 8.48. The van der Waals surface area contributed by atoms with Crippen molar-refractivity contribution in [3.05, 3.63) is 59.3 Å². The van der Waals surface area contributed by atoms with E-state index in [0.717, 1.165) is 32.6 Å². The van der Waals surface area contributed by atoms with Crippen molar-refractivity contribution in [1.82, 2.24) is 5.32 Å². The lowest BCUT2D eigenvalue weighted by Gasteiger charge is -2.37. The van der Waals surface area contributed by atoms with Crippen molar-refractivity contribution in [3.63, 3.8) is 0 Å². The highest BCUT2D eigenvalue weighted by atomic mass is 19.3. The van der Waals surface area contributed by atoms with Gasteiger partial charge in [0.15, 0.2) is 0 Å². The van der Waals surface area contributed by atoms with E-state index >= 15 is 0 Å². The molecule has 0 aromatic heterocycles. The largest absolute Gasteiger partial charge is 0.374 e. The number of rotatable bonds is 12. The van der Waals surface area contributed by atoms with Crippen LogP contribution in [0.4, 0.5) is 8.78 Å². The van der Waals surface area contributed by atoms with Gasteiger partial charge in [0.1, 0.15) is 6.23 Å². The first kappa shape index (κ1) is 31.7. The topological polar surface area (TPSA) is 32.3 Å². The maximum absolute atomic E-state index is 14.1. The van der Waals surface area contributed by atoms with Gasteiger partial charge in [-0.25, -0.2) is 8.78 Å². The van der Waals surface area contributed by atoms with E-state index in [0.29, 0.717) is 35.7 Å². The molecule has 0 saturated heterocycles. The Hall–Kier alpha value is -1.52. The van der Waals surface area contributed by atoms with E-state index in [1.165, 1.54) is 12.0 Å². The van der Waals surface area contributed by atoms with Crippen LogP contribution < -0.4 is 5.32 Å². The van der Waals surface area contributed by atoms with Gasteiger partial charge in [0.25, 0.3) is 5.92 Å². The molecule has 37 heavy (non-hydrogen) atoms. The predicted molar refractivity (Wildman–Crippen MR) is 154 cm³/mol. The Kier molecular flexibility index (Phi) is 12.0. The molecule has 2 aliphatic rings. The minimum Gasteiger partial charge on any atom is -0.374 e. The fraction of sp³-hybridized carbons (Fsp3) is 0.697. The average Bonchev–Trinajstić information content (AvgIpc) is 2.86. The Morgan fingerprint density at radius 1 is 1.24 bits per heavy atom. The number of nitrogens with one attached hydrogen (secondary N) is 1. The van der Waals surface area contributed by atoms with Crippen LogP contribution in [0.5, 0.6) is 0 Å². The molecule has 0 aromatic rings. The Labute approximate surface area is 226 Å². The standard InChI is InChI=1S/C33H53F2NO/c1-10-13-22(5)30(27-15-17-29(26(12-3)19-27)25(8)21(4)11-2)18-24(7)32(37)36-28-16-14-23(6)31(20-28)33(9,34)35/h10,13,17-18,20-23,25-28,32,36-37H,7,11-12,14-16,19H2,1-6,8-9H3/b13-10-,30-18+/t21?,22-,23+,25-,26?,27?,28-,32+/m1/s1. The smallest absolute Gasteiger partial charge is 0.266 e. The van der Waals surface area contributed by atoms with Crippen LogP contribution in [0.2, 0.25) is 0 Å². The van der Waals surface area contributed by atoms with Crippen LogP contribution in [0.15, 0.2) is 59.3 Å². The van der Waals surface area contributed by atoms with E-state index in [9.17, 15) is 13.9 Å². The monoisotopic (exact) mass is 517 g/mol. The molecular weight excluding hydrogens is 464 g/mol. The highest BCUT2D eigenvalue weighted by Gasteiger charge is 2.35. The van der Waals surface area contributed by atoms with Gasteiger partial charge in [0, 0.05) is 13.0 Å². The van der Waals surface area contributed by atoms with Gasteiger partial charge in [0.2, 0.25) is 0 Å². The van der Waals surface area contributed by atoms with Gasteiger partial charge in [-0.1, -0.05) is 96.1 Å². The maximum atomic E-state index is 14.1. The van der Waals surface area contributed by atoms with E-state index in [4.69, 9.17) is 0 Å². The van der Waals surface area contributed by atoms with Crippen molar-refractivity contribution in [2.45, 2.75) is 112 Å². The molecule has 0 bridgehead atoms. The van der Waals surface area contributed by atoms with Crippen LogP contribution in [0.25, 0.3) is 0 Å². The van der Waals surface area contributed by atoms with Crippen LogP contribution in [0.1, 0.15) is 93.9 Å². The molecule has 0 aromatic carbocycles. The normalized spacial score (nSPS) is 28.9. The van der Waals surface area contributed by atoms with Crippen LogP contribution in [-0.4, -0.2) is 23.3 Å². The maximum Gasteiger partial charge on any atom is 0.266 e. The van der Waals surface area contributed by atoms with Crippen molar-refractivity contribution in [2.75, 3.05) is 0 Å². The lowest BCUT2D eigenvalue weighted by Crippen LogP contribution is -2.41. The second-order valence-electron chi connectivity index (χ2n) is 11.9. The van der Waals surface area contributed by atoms with Crippen LogP contribution in [0.3, 0.4) is 0 Å². The quantitative estimate of drug-likeness (QED) is 0.154. The molecule has 0 radical (unpaired) electrons. The van der Waals surface area contributed by atoms with E-state index in [1.807, 2.05) is 13.8 Å². The molecule has 2 aliphatic carbocycles. The Morgan fingerprint density at radius 3 is 2.49 bits per heavy atom. The summed E-state index contributed by atoms with van der Waals surface area (Å²) < 4.78 is 28.1. The number of allylic oxidation sites excluding steroid dienone is 6. The number of halogens is 2. The van der Waals surface area contributed by atoms with Crippen LogP contribution in [-0.2, 0) is 0 Å². The zero-order chi connectivity index (χ0) is 27.9. The number of hydrogen-bond donors (Lipinski definition) is 2. The molecule has 3 unspecified atom stereocenters. The van der Waals surface area contributed by atoms with Crippen molar-refractivity contribution in [2.24, 2.45) is 35.5 Å². The predicted octanol–water partition coefficient (Wildman–Crippen LogP) is 9.01. The van der Waals surface area contributed by atoms with Crippen LogP contribution >= 0.6 is 0 Å². The molecule has 8 atom stereocenters. The third-order valence-electron chi connectivity index (χ3n) is 9.08. The summed E-state index contributed by atoms with van der Waals surface area (Å²) in [5.41, 5.74) is 3.67. The highest BCUT2D eigenvalue weighted by molar-refractivity contribution is 5.31. The summed E-state index contributed by atoms with van der Waals surface area (Å²) >= 11 is 0. The number of hydrogen-bond acceptors (Lipinski definition) is 2. The minimum absolute atomic E-state index is 0.148. The highest BCUT2D eigenvalue weighted by Crippen LogP contribution is 2.43. The first-order valence-corrected chi connectivity index (χ1v) is 14.6. The lowest BCUT2D eigenvalue weighted by atomic mass is 9.69. The van der Waals surface area contributed by atoms with E-state index in [-0.39, 0.29) is 23.5 Å². The zero-order valence-electron chi connectivity index (χ0n) is 24.7. The molecule has 0 fully saturated rings. The van der Waals surface area contributed by atoms with Gasteiger partial charge in [-0.15, -0.1) is 0 Å². The van der Waals surface area contributed by atoms with Gasteiger partial charge < -0.3 is 5.11 Å². The molecular formula is C33H53F2NO. The molecule has 210 valence electrons. The second-order valence-corrected chi connectivity index (χ2v) is 11.9. The molecule has 2 nitrogen and oxygen atoms in total. The number of aliphatic hydroxyl groups excluding tert-OH is 1. The SMILES string of the molecule is C=C(/C=C(/C1CC=C([C@H](C)C(C)CC)C(CC)C1)[C@H](C)/C=C\C)[C@H](O)N[C@H]1C=C(C(C)(F)F)[C@@H](C)CC1. The number of alkyl halides is 2. The third-order valence-corrected chi connectivity index (χ3v) is 9.08. The lowest BCUT2D eigenvalue weighted by molar-refractivity contribution is 0.0479. The summed E-state index contributed by atoms with van der Waals surface area (Å²) in [6.07, 6.45) is 15.4. The van der Waals surface area contributed by atoms with E-state index in [2.05, 4.69) is 70.8 Å². The molecule has 0 amide bonds. The molecule has 0 saturated carbocycles. The Morgan fingerprint density at radius 2 is 1.92 bits per heavy atom. The summed E-state index contributed by atoms with van der Waals surface area (Å²) in [4.78, 5) is 0. The zero-order valence-corrected chi connectivity index (χ0v) is 24.7. The minimum atomic E-state index is -2.84. The van der Waals surface area contributed by atoms with Gasteiger partial charge in [-0.2, -0.15) is 0 Å². The molecule has 0 spiro atoms. The van der Waals surface area contributed by atoms with Gasteiger partial charge in [-0.3, -0.25) is 5.32 Å². The summed E-state index contributed by atoms with van der Waals surface area (Å²) in [5, 5.41) is 14.1. The molecule has 2 rings (SSSR count). The summed E-state index contributed by atoms with van der Waals surface area (Å²) in [6, 6.07) is -0.291. The Bertz CT molecular complexity index is 877. The van der Waals surface area contributed by atoms with Crippen molar-refractivity contribution < 1.29 is 13.9 Å². The molecule has 0 aliphatic heterocycles. The van der Waals surface area contributed by atoms with Crippen molar-refractivity contribution in [3.8, 4) is 0 Å². The van der Waals surface area contributed by atoms with Crippen LogP contribution in [0, 0.1) is 35.5 Å². The van der Waals surface area contributed by atoms with Gasteiger partial charge >= 0.3 is 0 Å². The van der Waals surface area contributed by atoms with Gasteiger partial charge in [0.05, 0.1) is 0 Å². The van der Waals surface area contributed by atoms with Crippen molar-refractivity contribution in [1.29, 1.82) is 0 Å². The summed E-state index contributed by atoms with van der Waals surface area (Å²) in [7, 11) is 0. The fourth-order valence-corrected chi connectivity index (χ4v) is 6.32. The summed E-state index contributed by atoms with van der Waals surface area (Å²) in [5.74, 6) is -0.502. The first-order chi connectivity index (χ1) is 17.3.